The van der Waals surface area contributed by atoms with Crippen molar-refractivity contribution in [1.82, 2.24) is 10.2 Å². The molecule has 0 spiro atoms. The van der Waals surface area contributed by atoms with E-state index in [1.807, 2.05) is 0 Å². The maximum Gasteiger partial charge on any atom is 0.154 e. The Labute approximate surface area is 115 Å². The number of piperidine rings is 1. The summed E-state index contributed by atoms with van der Waals surface area (Å²) < 4.78 is 23.1. The van der Waals surface area contributed by atoms with Crippen molar-refractivity contribution in [3.05, 3.63) is 0 Å². The van der Waals surface area contributed by atoms with Crippen LogP contribution >= 0.6 is 0 Å². The Morgan fingerprint density at radius 1 is 1.11 bits per heavy atom. The highest BCUT2D eigenvalue weighted by Gasteiger charge is 2.40. The zero-order valence-corrected chi connectivity index (χ0v) is 12.1. The van der Waals surface area contributed by atoms with Crippen LogP contribution in [0.3, 0.4) is 0 Å². The van der Waals surface area contributed by atoms with E-state index < -0.39 is 15.9 Å². The molecule has 1 aliphatic carbocycles. The molecular formula is C13H24N2O3S. The molecule has 2 N–H and O–H groups in total. The Morgan fingerprint density at radius 2 is 1.79 bits per heavy atom. The monoisotopic (exact) mass is 288 g/mol. The molecule has 0 amide bonds. The van der Waals surface area contributed by atoms with Crippen LogP contribution in [0.1, 0.15) is 25.7 Å². The van der Waals surface area contributed by atoms with Gasteiger partial charge in [0, 0.05) is 19.1 Å². The molecule has 0 aromatic rings. The molecule has 5 nitrogen and oxygen atoms in total. The molecule has 2 aliphatic heterocycles. The lowest BCUT2D eigenvalue weighted by Gasteiger charge is -2.37. The van der Waals surface area contributed by atoms with Crippen LogP contribution in [0.15, 0.2) is 0 Å². The summed E-state index contributed by atoms with van der Waals surface area (Å²) >= 11 is 0. The third kappa shape index (κ3) is 3.48. The molecule has 3 aliphatic rings. The molecule has 3 fully saturated rings. The number of aliphatic hydroxyl groups excluding tert-OH is 1. The van der Waals surface area contributed by atoms with E-state index in [1.54, 1.807) is 0 Å². The summed E-state index contributed by atoms with van der Waals surface area (Å²) in [5.41, 5.74) is 0. The Kier molecular flexibility index (Phi) is 3.86. The van der Waals surface area contributed by atoms with Crippen molar-refractivity contribution in [2.24, 2.45) is 5.92 Å². The van der Waals surface area contributed by atoms with Crippen molar-refractivity contribution >= 4 is 9.84 Å². The fourth-order valence-electron chi connectivity index (χ4n) is 3.25. The minimum Gasteiger partial charge on any atom is -0.390 e. The van der Waals surface area contributed by atoms with Crippen molar-refractivity contribution in [2.75, 3.05) is 31.1 Å². The highest BCUT2D eigenvalue weighted by Crippen LogP contribution is 2.28. The van der Waals surface area contributed by atoms with E-state index in [2.05, 4.69) is 10.2 Å². The van der Waals surface area contributed by atoms with Gasteiger partial charge in [0.15, 0.2) is 9.84 Å². The van der Waals surface area contributed by atoms with Gasteiger partial charge in [-0.05, 0) is 38.1 Å². The van der Waals surface area contributed by atoms with E-state index in [0.29, 0.717) is 6.04 Å². The number of sulfone groups is 1. The zero-order chi connectivity index (χ0) is 13.5. The van der Waals surface area contributed by atoms with Crippen molar-refractivity contribution in [2.45, 2.75) is 43.9 Å². The van der Waals surface area contributed by atoms with Gasteiger partial charge < -0.3 is 10.4 Å². The van der Waals surface area contributed by atoms with Gasteiger partial charge in [-0.3, -0.25) is 4.90 Å². The topological polar surface area (TPSA) is 69.6 Å². The molecule has 2 atom stereocenters. The van der Waals surface area contributed by atoms with Gasteiger partial charge in [0.05, 0.1) is 23.7 Å². The number of rotatable bonds is 4. The highest BCUT2D eigenvalue weighted by molar-refractivity contribution is 7.91. The van der Waals surface area contributed by atoms with Crippen molar-refractivity contribution in [3.63, 3.8) is 0 Å². The van der Waals surface area contributed by atoms with Crippen LogP contribution in [0.4, 0.5) is 0 Å². The predicted molar refractivity (Wildman–Crippen MR) is 73.8 cm³/mol. The lowest BCUT2D eigenvalue weighted by molar-refractivity contribution is 0.0636. The smallest absolute Gasteiger partial charge is 0.154 e. The summed E-state index contributed by atoms with van der Waals surface area (Å²) in [4.78, 5) is 2.17. The lowest BCUT2D eigenvalue weighted by Crippen LogP contribution is -2.50. The molecule has 6 heteroatoms. The molecule has 2 saturated heterocycles. The Balaban J connectivity index is 1.46. The molecule has 2 heterocycles. The average molecular weight is 288 g/mol. The minimum absolute atomic E-state index is 0.0580. The van der Waals surface area contributed by atoms with Crippen molar-refractivity contribution < 1.29 is 13.5 Å². The third-order valence-corrected chi connectivity index (χ3v) is 6.38. The normalized spacial score (nSPS) is 36.7. The zero-order valence-electron chi connectivity index (χ0n) is 11.3. The minimum atomic E-state index is -3.03. The summed E-state index contributed by atoms with van der Waals surface area (Å²) in [7, 11) is -3.03. The summed E-state index contributed by atoms with van der Waals surface area (Å²) in [5, 5.41) is 13.5. The Bertz CT molecular complexity index is 414. The first kappa shape index (κ1) is 13.8. The van der Waals surface area contributed by atoms with E-state index in [1.165, 1.54) is 12.8 Å². The largest absolute Gasteiger partial charge is 0.390 e. The molecule has 19 heavy (non-hydrogen) atoms. The molecule has 2 unspecified atom stereocenters. The van der Waals surface area contributed by atoms with Crippen LogP contribution in [0, 0.1) is 5.92 Å². The van der Waals surface area contributed by atoms with E-state index in [4.69, 9.17) is 0 Å². The second-order valence-electron chi connectivity index (χ2n) is 6.37. The number of likely N-dealkylation sites (tertiary alicyclic amines) is 1. The van der Waals surface area contributed by atoms with Gasteiger partial charge in [0.1, 0.15) is 0 Å². The van der Waals surface area contributed by atoms with E-state index >= 15 is 0 Å². The summed E-state index contributed by atoms with van der Waals surface area (Å²) in [6.45, 7) is 2.95. The number of hydrogen-bond donors (Lipinski definition) is 2. The number of aliphatic hydroxyl groups is 1. The first-order chi connectivity index (χ1) is 9.03. The van der Waals surface area contributed by atoms with E-state index in [0.717, 1.165) is 38.4 Å². The van der Waals surface area contributed by atoms with E-state index in [9.17, 15) is 13.5 Å². The van der Waals surface area contributed by atoms with Gasteiger partial charge in [0.25, 0.3) is 0 Å². The second-order valence-corrected chi connectivity index (χ2v) is 8.53. The van der Waals surface area contributed by atoms with Crippen LogP contribution in [-0.2, 0) is 9.84 Å². The number of hydrogen-bond acceptors (Lipinski definition) is 5. The summed E-state index contributed by atoms with van der Waals surface area (Å²) in [6, 6.07) is 0.404. The molecular weight excluding hydrogens is 264 g/mol. The van der Waals surface area contributed by atoms with Gasteiger partial charge >= 0.3 is 0 Å². The number of nitrogens with one attached hydrogen (secondary N) is 1. The van der Waals surface area contributed by atoms with Crippen molar-refractivity contribution in [3.8, 4) is 0 Å². The molecule has 0 aromatic heterocycles. The SMILES string of the molecule is O=S1(=O)CC(O)C(N2CCC(NCC3CC3)CC2)C1. The first-order valence-corrected chi connectivity index (χ1v) is 9.21. The van der Waals surface area contributed by atoms with Crippen molar-refractivity contribution in [1.29, 1.82) is 0 Å². The molecule has 0 aromatic carbocycles. The van der Waals surface area contributed by atoms with Gasteiger partial charge in [-0.25, -0.2) is 8.42 Å². The third-order valence-electron chi connectivity index (χ3n) is 4.68. The van der Waals surface area contributed by atoms with Gasteiger partial charge in [0.2, 0.25) is 0 Å². The quantitative estimate of drug-likeness (QED) is 0.737. The average Bonchev–Trinajstić information content (AvgIpc) is 3.13. The van der Waals surface area contributed by atoms with Crippen LogP contribution in [0.25, 0.3) is 0 Å². The molecule has 0 radical (unpaired) electrons. The lowest BCUT2D eigenvalue weighted by atomic mass is 10.0. The van der Waals surface area contributed by atoms with Crippen LogP contribution in [-0.4, -0.2) is 67.8 Å². The predicted octanol–water partition coefficient (Wildman–Crippen LogP) is -0.392. The number of nitrogens with zero attached hydrogens (tertiary/aromatic N) is 1. The Morgan fingerprint density at radius 3 is 2.32 bits per heavy atom. The Hall–Kier alpha value is -0.170. The standard InChI is InChI=1S/C13H24N2O3S/c16-13-9-19(17,18)8-12(13)15-5-3-11(4-6-15)14-7-10-1-2-10/h10-14,16H,1-9H2. The van der Waals surface area contributed by atoms with Crippen LogP contribution in [0.5, 0.6) is 0 Å². The summed E-state index contributed by atoms with van der Waals surface area (Å²) in [6.07, 6.45) is 4.18. The van der Waals surface area contributed by atoms with Gasteiger partial charge in [-0.1, -0.05) is 0 Å². The van der Waals surface area contributed by atoms with E-state index in [-0.39, 0.29) is 17.5 Å². The molecule has 3 rings (SSSR count). The fraction of sp³-hybridized carbons (Fsp3) is 1.00. The fourth-order valence-corrected chi connectivity index (χ4v) is 5.08. The van der Waals surface area contributed by atoms with Crippen LogP contribution in [0.2, 0.25) is 0 Å². The van der Waals surface area contributed by atoms with Gasteiger partial charge in [-0.2, -0.15) is 0 Å². The second kappa shape index (κ2) is 5.31. The first-order valence-electron chi connectivity index (χ1n) is 7.39. The maximum absolute atomic E-state index is 11.5. The molecule has 110 valence electrons. The molecule has 1 saturated carbocycles. The van der Waals surface area contributed by atoms with Gasteiger partial charge in [-0.15, -0.1) is 0 Å². The van der Waals surface area contributed by atoms with Crippen LogP contribution < -0.4 is 5.32 Å². The highest BCUT2D eigenvalue weighted by atomic mass is 32.2. The maximum atomic E-state index is 11.5. The molecule has 0 bridgehead atoms. The summed E-state index contributed by atoms with van der Waals surface area (Å²) in [5.74, 6) is 0.978.